The molecule has 0 aliphatic carbocycles. The molecular formula is C36H38FN5O11. The van der Waals surface area contributed by atoms with Crippen molar-refractivity contribution >= 4 is 35.4 Å². The Morgan fingerprint density at radius 2 is 1.53 bits per heavy atom. The van der Waals surface area contributed by atoms with Gasteiger partial charge in [0.25, 0.3) is 5.91 Å². The van der Waals surface area contributed by atoms with E-state index in [0.717, 1.165) is 30.8 Å². The molecular weight excluding hydrogens is 697 g/mol. The van der Waals surface area contributed by atoms with Gasteiger partial charge < -0.3 is 45.8 Å². The standard InChI is InChI=1S/C32H32FN5O5.C4H6O6/c33-26-16-23(17-34)8-9-27(26)37-14-12-36(13-15-37)18-21-4-6-22(7-5-21)20-43-29-3-1-2-24-25(29)19-38(32(24)42)28(31(35)41)10-11-30(39)40;5-1(3(7)8)2(6)4(9)10/h1-9,16,28H,10-15,18-20H2,(H2,35,41)(H,39,40);1-2,5-6H,(H,7,8)(H,9,10). The van der Waals surface area contributed by atoms with Gasteiger partial charge in [-0.1, -0.05) is 30.3 Å². The first kappa shape index (κ1) is 39.7. The molecule has 1 fully saturated rings. The monoisotopic (exact) mass is 735 g/mol. The normalized spacial score (nSPS) is 15.6. The Morgan fingerprint density at radius 1 is 0.906 bits per heavy atom. The summed E-state index contributed by atoms with van der Waals surface area (Å²) in [5, 5.41) is 50.5. The quantitative estimate of drug-likeness (QED) is 0.136. The third-order valence-corrected chi connectivity index (χ3v) is 8.71. The molecule has 0 spiro atoms. The summed E-state index contributed by atoms with van der Waals surface area (Å²) < 4.78 is 20.5. The number of rotatable bonds is 14. The van der Waals surface area contributed by atoms with Crippen LogP contribution < -0.4 is 15.4 Å². The Balaban J connectivity index is 0.000000550. The first-order valence-corrected chi connectivity index (χ1v) is 16.3. The van der Waals surface area contributed by atoms with E-state index in [1.54, 1.807) is 30.3 Å². The molecule has 2 aliphatic heterocycles. The molecule has 2 aliphatic rings. The molecule has 5 rings (SSSR count). The Morgan fingerprint density at radius 3 is 2.08 bits per heavy atom. The highest BCUT2D eigenvalue weighted by atomic mass is 19.1. The van der Waals surface area contributed by atoms with Crippen LogP contribution in [0.25, 0.3) is 0 Å². The van der Waals surface area contributed by atoms with Crippen molar-refractivity contribution < 1.29 is 58.6 Å². The van der Waals surface area contributed by atoms with E-state index in [1.165, 1.54) is 11.0 Å². The molecule has 2 heterocycles. The molecule has 3 atom stereocenters. The van der Waals surface area contributed by atoms with Crippen molar-refractivity contribution in [3.63, 3.8) is 0 Å². The highest BCUT2D eigenvalue weighted by Crippen LogP contribution is 2.33. The Bertz CT molecular complexity index is 1860. The van der Waals surface area contributed by atoms with Crippen molar-refractivity contribution in [3.05, 3.63) is 94.3 Å². The number of nitrogens with zero attached hydrogens (tertiary/aromatic N) is 4. The van der Waals surface area contributed by atoms with Crippen molar-refractivity contribution in [1.82, 2.24) is 9.80 Å². The zero-order chi connectivity index (χ0) is 38.8. The molecule has 3 aromatic carbocycles. The Kier molecular flexibility index (Phi) is 13.4. The van der Waals surface area contributed by atoms with Crippen LogP contribution in [0.15, 0.2) is 60.7 Å². The molecule has 7 N–H and O–H groups in total. The fourth-order valence-corrected chi connectivity index (χ4v) is 5.83. The summed E-state index contributed by atoms with van der Waals surface area (Å²) >= 11 is 0. The molecule has 0 bridgehead atoms. The van der Waals surface area contributed by atoms with E-state index in [1.807, 2.05) is 35.2 Å². The molecule has 3 unspecified atom stereocenters. The van der Waals surface area contributed by atoms with E-state index in [2.05, 4.69) is 4.90 Å². The number of nitriles is 1. The van der Waals surface area contributed by atoms with Gasteiger partial charge in [-0.3, -0.25) is 19.3 Å². The summed E-state index contributed by atoms with van der Waals surface area (Å²) in [5.74, 6) is -5.57. The summed E-state index contributed by atoms with van der Waals surface area (Å²) in [6, 6.07) is 18.8. The van der Waals surface area contributed by atoms with E-state index < -0.39 is 42.1 Å². The van der Waals surface area contributed by atoms with Crippen molar-refractivity contribution in [2.45, 2.75) is 50.8 Å². The molecule has 280 valence electrons. The number of ether oxygens (including phenoxy) is 1. The predicted molar refractivity (Wildman–Crippen MR) is 183 cm³/mol. The molecule has 0 saturated carbocycles. The number of carboxylic acid groups (broad SMARTS) is 3. The maximum absolute atomic E-state index is 14.4. The number of aliphatic hydroxyl groups is 2. The first-order chi connectivity index (χ1) is 25.2. The lowest BCUT2D eigenvalue weighted by atomic mass is 10.1. The topological polar surface area (TPSA) is 255 Å². The number of aliphatic hydroxyl groups excluding tert-OH is 2. The van der Waals surface area contributed by atoms with E-state index in [0.29, 0.717) is 41.2 Å². The van der Waals surface area contributed by atoms with Crippen LogP contribution >= 0.6 is 0 Å². The van der Waals surface area contributed by atoms with Gasteiger partial charge in [0.15, 0.2) is 12.2 Å². The molecule has 0 radical (unpaired) electrons. The fraction of sp³-hybridized carbons (Fsp3) is 0.333. The number of halogens is 1. The van der Waals surface area contributed by atoms with E-state index in [4.69, 9.17) is 41.3 Å². The number of anilines is 1. The second-order valence-corrected chi connectivity index (χ2v) is 12.3. The maximum Gasteiger partial charge on any atom is 0.335 e. The minimum atomic E-state index is -2.27. The Labute approximate surface area is 302 Å². The number of nitrogens with two attached hydrogens (primary N) is 1. The number of fused-ring (bicyclic) bond motifs is 1. The molecule has 17 heteroatoms. The highest BCUT2D eigenvalue weighted by Gasteiger charge is 2.37. The lowest BCUT2D eigenvalue weighted by Gasteiger charge is -2.36. The number of carbonyl (C=O) groups excluding carboxylic acids is 2. The number of benzene rings is 3. The first-order valence-electron chi connectivity index (χ1n) is 16.3. The van der Waals surface area contributed by atoms with E-state index >= 15 is 0 Å². The van der Waals surface area contributed by atoms with Gasteiger partial charge >= 0.3 is 17.9 Å². The average Bonchev–Trinajstić information content (AvgIpc) is 3.47. The molecule has 16 nitrogen and oxygen atoms in total. The summed E-state index contributed by atoms with van der Waals surface area (Å²) in [6.07, 6.45) is -4.87. The lowest BCUT2D eigenvalue weighted by Crippen LogP contribution is -2.46. The van der Waals surface area contributed by atoms with Crippen molar-refractivity contribution in [2.24, 2.45) is 5.73 Å². The van der Waals surface area contributed by atoms with E-state index in [-0.39, 0.29) is 37.7 Å². The summed E-state index contributed by atoms with van der Waals surface area (Å²) in [4.78, 5) is 61.3. The molecule has 53 heavy (non-hydrogen) atoms. The molecule has 2 amide bonds. The van der Waals surface area contributed by atoms with Gasteiger partial charge in [0.1, 0.15) is 24.2 Å². The van der Waals surface area contributed by atoms with Gasteiger partial charge in [-0.05, 0) is 47.9 Å². The minimum absolute atomic E-state index is 0.0572. The zero-order valence-electron chi connectivity index (χ0n) is 28.3. The van der Waals surface area contributed by atoms with Gasteiger partial charge in [-0.25, -0.2) is 14.0 Å². The summed E-state index contributed by atoms with van der Waals surface area (Å²) in [7, 11) is 0. The fourth-order valence-electron chi connectivity index (χ4n) is 5.83. The largest absolute Gasteiger partial charge is 0.489 e. The van der Waals surface area contributed by atoms with Crippen LogP contribution in [0.4, 0.5) is 10.1 Å². The highest BCUT2D eigenvalue weighted by molar-refractivity contribution is 6.01. The van der Waals surface area contributed by atoms with Crippen molar-refractivity contribution in [3.8, 4) is 11.8 Å². The number of hydrogen-bond donors (Lipinski definition) is 6. The van der Waals surface area contributed by atoms with Crippen LogP contribution in [-0.4, -0.2) is 109 Å². The number of carboxylic acids is 3. The van der Waals surface area contributed by atoms with Crippen LogP contribution in [0.5, 0.6) is 5.75 Å². The second kappa shape index (κ2) is 17.9. The second-order valence-electron chi connectivity index (χ2n) is 12.3. The SMILES string of the molecule is N#Cc1ccc(N2CCN(Cc3ccc(COc4cccc5c4CN(C(CCC(=O)O)C(N)=O)C5=O)cc3)CC2)c(F)c1.O=C(O)C(O)C(O)C(=O)O. The number of piperazine rings is 1. The number of aliphatic carboxylic acids is 3. The van der Waals surface area contributed by atoms with Crippen molar-refractivity contribution in [2.75, 3.05) is 31.1 Å². The molecule has 1 saturated heterocycles. The number of hydrogen-bond acceptors (Lipinski definition) is 11. The molecule has 0 aromatic heterocycles. The number of carbonyl (C=O) groups is 5. The van der Waals surface area contributed by atoms with Crippen LogP contribution in [-0.2, 0) is 38.9 Å². The minimum Gasteiger partial charge on any atom is -0.489 e. The molecule has 3 aromatic rings. The summed E-state index contributed by atoms with van der Waals surface area (Å²) in [5.41, 5.74) is 9.48. The van der Waals surface area contributed by atoms with Gasteiger partial charge in [0.05, 0.1) is 23.9 Å². The summed E-state index contributed by atoms with van der Waals surface area (Å²) in [6.45, 7) is 4.10. The Hall–Kier alpha value is -6.09. The smallest absolute Gasteiger partial charge is 0.335 e. The van der Waals surface area contributed by atoms with Gasteiger partial charge in [0, 0.05) is 50.3 Å². The van der Waals surface area contributed by atoms with Crippen LogP contribution in [0.3, 0.4) is 0 Å². The number of amides is 2. The van der Waals surface area contributed by atoms with Crippen LogP contribution in [0.1, 0.15) is 45.5 Å². The van der Waals surface area contributed by atoms with E-state index in [9.17, 15) is 28.4 Å². The van der Waals surface area contributed by atoms with Gasteiger partial charge in [0.2, 0.25) is 5.91 Å². The van der Waals surface area contributed by atoms with Crippen molar-refractivity contribution in [1.29, 1.82) is 5.26 Å². The predicted octanol–water partition coefficient (Wildman–Crippen LogP) is 1.15. The average molecular weight is 736 g/mol. The third kappa shape index (κ3) is 10.3. The van der Waals surface area contributed by atoms with Crippen LogP contribution in [0.2, 0.25) is 0 Å². The lowest BCUT2D eigenvalue weighted by molar-refractivity contribution is -0.165. The number of primary amides is 1. The van der Waals surface area contributed by atoms with Crippen LogP contribution in [0, 0.1) is 17.1 Å². The zero-order valence-corrected chi connectivity index (χ0v) is 28.3. The van der Waals surface area contributed by atoms with Gasteiger partial charge in [-0.15, -0.1) is 0 Å². The maximum atomic E-state index is 14.4. The third-order valence-electron chi connectivity index (χ3n) is 8.71. The van der Waals surface area contributed by atoms with Gasteiger partial charge in [-0.2, -0.15) is 5.26 Å².